The van der Waals surface area contributed by atoms with Crippen molar-refractivity contribution in [2.75, 3.05) is 32.8 Å². The van der Waals surface area contributed by atoms with Crippen LogP contribution in [0.25, 0.3) is 0 Å². The van der Waals surface area contributed by atoms with Gasteiger partial charge in [-0.05, 0) is 43.2 Å². The van der Waals surface area contributed by atoms with Crippen molar-refractivity contribution in [3.05, 3.63) is 29.8 Å². The number of rotatable bonds is 6. The molecule has 5 heteroatoms. The summed E-state index contributed by atoms with van der Waals surface area (Å²) in [5, 5.41) is 12.4. The van der Waals surface area contributed by atoms with Crippen molar-refractivity contribution in [3.63, 3.8) is 0 Å². The van der Waals surface area contributed by atoms with E-state index in [1.54, 1.807) is 0 Å². The molecule has 1 aromatic carbocycles. The Morgan fingerprint density at radius 3 is 2.65 bits per heavy atom. The SMILES string of the molecule is CCC1(CO)CCN(C(=O)NCCOc2ccccc2C)CC1. The third kappa shape index (κ3) is 4.61. The summed E-state index contributed by atoms with van der Waals surface area (Å²) in [6.07, 6.45) is 2.70. The first-order chi connectivity index (χ1) is 11.1. The normalized spacial score (nSPS) is 16.9. The quantitative estimate of drug-likeness (QED) is 0.792. The van der Waals surface area contributed by atoms with Crippen LogP contribution in [0.15, 0.2) is 24.3 Å². The predicted octanol–water partition coefficient (Wildman–Crippen LogP) is 2.57. The minimum atomic E-state index is -0.0407. The Bertz CT molecular complexity index is 505. The molecule has 0 radical (unpaired) electrons. The Kier molecular flexibility index (Phi) is 6.28. The molecule has 2 rings (SSSR count). The lowest BCUT2D eigenvalue weighted by Gasteiger charge is -2.40. The highest BCUT2D eigenvalue weighted by atomic mass is 16.5. The zero-order valence-electron chi connectivity index (χ0n) is 14.2. The second kappa shape index (κ2) is 8.20. The molecule has 0 spiro atoms. The van der Waals surface area contributed by atoms with Crippen LogP contribution in [0.1, 0.15) is 31.7 Å². The molecule has 0 atom stereocenters. The number of hydrogen-bond acceptors (Lipinski definition) is 3. The number of aliphatic hydroxyl groups is 1. The summed E-state index contributed by atoms with van der Waals surface area (Å²) in [4.78, 5) is 14.0. The molecular weight excluding hydrogens is 292 g/mol. The van der Waals surface area contributed by atoms with Crippen molar-refractivity contribution < 1.29 is 14.6 Å². The van der Waals surface area contributed by atoms with Crippen LogP contribution in [0.5, 0.6) is 5.75 Å². The van der Waals surface area contributed by atoms with E-state index in [-0.39, 0.29) is 18.1 Å². The number of piperidine rings is 1. The number of ether oxygens (including phenoxy) is 1. The fraction of sp³-hybridized carbons (Fsp3) is 0.611. The summed E-state index contributed by atoms with van der Waals surface area (Å²) in [7, 11) is 0. The Balaban J connectivity index is 1.69. The van der Waals surface area contributed by atoms with E-state index in [9.17, 15) is 9.90 Å². The number of aryl methyl sites for hydroxylation is 1. The van der Waals surface area contributed by atoms with Crippen molar-refractivity contribution in [3.8, 4) is 5.75 Å². The molecule has 23 heavy (non-hydrogen) atoms. The number of benzene rings is 1. The summed E-state index contributed by atoms with van der Waals surface area (Å²) in [6.45, 7) is 6.68. The van der Waals surface area contributed by atoms with Gasteiger partial charge in [0.1, 0.15) is 12.4 Å². The van der Waals surface area contributed by atoms with Gasteiger partial charge in [-0.3, -0.25) is 0 Å². The fourth-order valence-corrected chi connectivity index (χ4v) is 2.96. The molecule has 0 aromatic heterocycles. The van der Waals surface area contributed by atoms with Gasteiger partial charge in [0.2, 0.25) is 0 Å². The second-order valence-electron chi connectivity index (χ2n) is 6.34. The molecule has 0 aliphatic carbocycles. The third-order valence-electron chi connectivity index (χ3n) is 4.93. The average molecular weight is 320 g/mol. The number of aliphatic hydroxyl groups excluding tert-OH is 1. The zero-order chi connectivity index (χ0) is 16.7. The smallest absolute Gasteiger partial charge is 0.317 e. The maximum atomic E-state index is 12.2. The molecule has 2 N–H and O–H groups in total. The van der Waals surface area contributed by atoms with Crippen LogP contribution in [0.2, 0.25) is 0 Å². The molecule has 1 saturated heterocycles. The molecule has 1 aliphatic rings. The number of hydrogen-bond donors (Lipinski definition) is 2. The van der Waals surface area contributed by atoms with Crippen LogP contribution in [0.3, 0.4) is 0 Å². The van der Waals surface area contributed by atoms with Gasteiger partial charge in [0.25, 0.3) is 0 Å². The molecule has 1 aliphatic heterocycles. The van der Waals surface area contributed by atoms with Gasteiger partial charge >= 0.3 is 6.03 Å². The van der Waals surface area contributed by atoms with Crippen molar-refractivity contribution >= 4 is 6.03 Å². The van der Waals surface area contributed by atoms with E-state index in [2.05, 4.69) is 12.2 Å². The van der Waals surface area contributed by atoms with Gasteiger partial charge in [-0.1, -0.05) is 25.1 Å². The largest absolute Gasteiger partial charge is 0.491 e. The van der Waals surface area contributed by atoms with Gasteiger partial charge in [-0.2, -0.15) is 0 Å². The highest BCUT2D eigenvalue weighted by Gasteiger charge is 2.33. The summed E-state index contributed by atoms with van der Waals surface area (Å²) >= 11 is 0. The van der Waals surface area contributed by atoms with Gasteiger partial charge in [0.15, 0.2) is 0 Å². The molecule has 1 fully saturated rings. The molecule has 0 unspecified atom stereocenters. The number of nitrogens with zero attached hydrogens (tertiary/aromatic N) is 1. The van der Waals surface area contributed by atoms with E-state index >= 15 is 0 Å². The number of para-hydroxylation sites is 1. The van der Waals surface area contributed by atoms with Gasteiger partial charge < -0.3 is 20.1 Å². The van der Waals surface area contributed by atoms with E-state index in [1.165, 1.54) is 0 Å². The summed E-state index contributed by atoms with van der Waals surface area (Å²) in [6, 6.07) is 7.81. The highest BCUT2D eigenvalue weighted by molar-refractivity contribution is 5.74. The molecular formula is C18H28N2O3. The number of urea groups is 1. The standard InChI is InChI=1S/C18H28N2O3/c1-3-18(14-21)8-11-20(12-9-18)17(22)19-10-13-23-16-7-5-4-6-15(16)2/h4-7,21H,3,8-14H2,1-2H3,(H,19,22). The Hall–Kier alpha value is -1.75. The zero-order valence-corrected chi connectivity index (χ0v) is 14.2. The lowest BCUT2D eigenvalue weighted by Crippen LogP contribution is -2.48. The number of nitrogens with one attached hydrogen (secondary N) is 1. The van der Waals surface area contributed by atoms with Crippen LogP contribution in [-0.2, 0) is 0 Å². The molecule has 0 bridgehead atoms. The maximum absolute atomic E-state index is 12.2. The van der Waals surface area contributed by atoms with Gasteiger partial charge in [-0.25, -0.2) is 4.79 Å². The summed E-state index contributed by atoms with van der Waals surface area (Å²) in [5.41, 5.74) is 1.10. The maximum Gasteiger partial charge on any atom is 0.317 e. The van der Waals surface area contributed by atoms with E-state index in [0.717, 1.165) is 30.6 Å². The number of likely N-dealkylation sites (tertiary alicyclic amines) is 1. The molecule has 5 nitrogen and oxygen atoms in total. The number of carbonyl (C=O) groups excluding carboxylic acids is 1. The summed E-state index contributed by atoms with van der Waals surface area (Å²) in [5.74, 6) is 0.857. The predicted molar refractivity (Wildman–Crippen MR) is 90.7 cm³/mol. The topological polar surface area (TPSA) is 61.8 Å². The summed E-state index contributed by atoms with van der Waals surface area (Å²) < 4.78 is 5.68. The monoisotopic (exact) mass is 320 g/mol. The van der Waals surface area contributed by atoms with E-state index in [0.29, 0.717) is 26.2 Å². The second-order valence-corrected chi connectivity index (χ2v) is 6.34. The van der Waals surface area contributed by atoms with Gasteiger partial charge in [0, 0.05) is 19.7 Å². The Labute approximate surface area is 138 Å². The van der Waals surface area contributed by atoms with Crippen LogP contribution in [0, 0.1) is 12.3 Å². The Morgan fingerprint density at radius 1 is 1.35 bits per heavy atom. The van der Waals surface area contributed by atoms with E-state index in [4.69, 9.17) is 4.74 Å². The van der Waals surface area contributed by atoms with Crippen molar-refractivity contribution in [2.45, 2.75) is 33.1 Å². The van der Waals surface area contributed by atoms with E-state index in [1.807, 2.05) is 36.1 Å². The Morgan fingerprint density at radius 2 is 2.04 bits per heavy atom. The number of amides is 2. The van der Waals surface area contributed by atoms with Gasteiger partial charge in [0.05, 0.1) is 6.54 Å². The van der Waals surface area contributed by atoms with Gasteiger partial charge in [-0.15, -0.1) is 0 Å². The molecule has 1 heterocycles. The first kappa shape index (κ1) is 17.6. The first-order valence-electron chi connectivity index (χ1n) is 8.42. The van der Waals surface area contributed by atoms with Crippen LogP contribution in [-0.4, -0.2) is 48.9 Å². The fourth-order valence-electron chi connectivity index (χ4n) is 2.96. The van der Waals surface area contributed by atoms with Crippen LogP contribution >= 0.6 is 0 Å². The third-order valence-corrected chi connectivity index (χ3v) is 4.93. The molecule has 0 saturated carbocycles. The first-order valence-corrected chi connectivity index (χ1v) is 8.42. The van der Waals surface area contributed by atoms with Crippen molar-refractivity contribution in [2.24, 2.45) is 5.41 Å². The highest BCUT2D eigenvalue weighted by Crippen LogP contribution is 2.34. The van der Waals surface area contributed by atoms with Crippen molar-refractivity contribution in [1.29, 1.82) is 0 Å². The van der Waals surface area contributed by atoms with E-state index < -0.39 is 0 Å². The minimum absolute atomic E-state index is 0.00469. The average Bonchev–Trinajstić information content (AvgIpc) is 2.60. The lowest BCUT2D eigenvalue weighted by molar-refractivity contribution is 0.0518. The molecule has 1 aromatic rings. The minimum Gasteiger partial charge on any atom is -0.491 e. The van der Waals surface area contributed by atoms with Crippen LogP contribution in [0.4, 0.5) is 4.79 Å². The lowest BCUT2D eigenvalue weighted by atomic mass is 9.77. The van der Waals surface area contributed by atoms with Crippen LogP contribution < -0.4 is 10.1 Å². The molecule has 2 amide bonds. The number of carbonyl (C=O) groups is 1. The molecule has 128 valence electrons. The van der Waals surface area contributed by atoms with Crippen molar-refractivity contribution in [1.82, 2.24) is 10.2 Å².